The third-order valence-electron chi connectivity index (χ3n) is 5.70. The molecule has 2 N–H and O–H groups in total. The van der Waals surface area contributed by atoms with Gasteiger partial charge in [-0.3, -0.25) is 4.79 Å². The molecule has 1 amide bonds. The van der Waals surface area contributed by atoms with Crippen LogP contribution in [0.4, 0.5) is 11.5 Å². The van der Waals surface area contributed by atoms with Gasteiger partial charge in [-0.15, -0.1) is 0 Å². The minimum absolute atomic E-state index is 0.0809. The van der Waals surface area contributed by atoms with Gasteiger partial charge in [-0.25, -0.2) is 4.98 Å². The van der Waals surface area contributed by atoms with Crippen molar-refractivity contribution < 1.29 is 9.53 Å². The molecule has 0 fully saturated rings. The molecule has 0 bridgehead atoms. The minimum atomic E-state index is -0.0809. The number of aromatic nitrogens is 1. The smallest absolute Gasteiger partial charge is 0.252 e. The van der Waals surface area contributed by atoms with E-state index in [0.717, 1.165) is 42.0 Å². The van der Waals surface area contributed by atoms with Gasteiger partial charge in [0, 0.05) is 18.5 Å². The fourth-order valence-electron chi connectivity index (χ4n) is 3.83. The van der Waals surface area contributed by atoms with E-state index in [1.54, 1.807) is 7.11 Å². The third kappa shape index (κ3) is 6.93. The van der Waals surface area contributed by atoms with E-state index in [1.807, 2.05) is 54.6 Å². The summed E-state index contributed by atoms with van der Waals surface area (Å²) in [6.45, 7) is 8.07. The van der Waals surface area contributed by atoms with Gasteiger partial charge in [0.05, 0.1) is 23.9 Å². The molecule has 0 atom stereocenters. The molecule has 6 heteroatoms. The zero-order valence-corrected chi connectivity index (χ0v) is 20.1. The van der Waals surface area contributed by atoms with Crippen LogP contribution in [0.25, 0.3) is 10.9 Å². The number of hydrogen-bond donors (Lipinski definition) is 2. The predicted octanol–water partition coefficient (Wildman–Crippen LogP) is 5.62. The Bertz CT molecular complexity index is 1030. The van der Waals surface area contributed by atoms with Crippen molar-refractivity contribution in [1.29, 1.82) is 0 Å². The predicted molar refractivity (Wildman–Crippen MR) is 137 cm³/mol. The maximum absolute atomic E-state index is 13.2. The minimum Gasteiger partial charge on any atom is -0.495 e. The molecule has 33 heavy (non-hydrogen) atoms. The maximum Gasteiger partial charge on any atom is 0.252 e. The molecule has 0 unspecified atom stereocenters. The Labute approximate surface area is 197 Å². The second-order valence-electron chi connectivity index (χ2n) is 8.20. The van der Waals surface area contributed by atoms with E-state index in [9.17, 15) is 4.79 Å². The molecule has 6 nitrogen and oxygen atoms in total. The molecule has 0 aliphatic heterocycles. The van der Waals surface area contributed by atoms with Crippen LogP contribution in [0.15, 0.2) is 54.6 Å². The Morgan fingerprint density at radius 1 is 0.970 bits per heavy atom. The Morgan fingerprint density at radius 3 is 2.39 bits per heavy atom. The van der Waals surface area contributed by atoms with E-state index in [4.69, 9.17) is 9.72 Å². The summed E-state index contributed by atoms with van der Waals surface area (Å²) in [5.74, 6) is 1.25. The van der Waals surface area contributed by atoms with Gasteiger partial charge in [-0.05, 0) is 50.2 Å². The van der Waals surface area contributed by atoms with Crippen molar-refractivity contribution in [2.24, 2.45) is 0 Å². The molecule has 0 aliphatic carbocycles. The quantitative estimate of drug-likeness (QED) is 0.355. The number of benzene rings is 2. The summed E-state index contributed by atoms with van der Waals surface area (Å²) < 4.78 is 5.44. The highest BCUT2D eigenvalue weighted by molar-refractivity contribution is 6.07. The van der Waals surface area contributed by atoms with E-state index < -0.39 is 0 Å². The molecule has 0 aliphatic rings. The van der Waals surface area contributed by atoms with E-state index in [2.05, 4.69) is 29.4 Å². The average Bonchev–Trinajstić information content (AvgIpc) is 2.85. The van der Waals surface area contributed by atoms with Crippen molar-refractivity contribution in [3.8, 4) is 5.75 Å². The topological polar surface area (TPSA) is 66.5 Å². The number of carbonyl (C=O) groups excluding carboxylic acids is 1. The number of anilines is 2. The van der Waals surface area contributed by atoms with Crippen LogP contribution < -0.4 is 15.4 Å². The Balaban J connectivity index is 1.76. The highest BCUT2D eigenvalue weighted by Gasteiger charge is 2.14. The fraction of sp³-hybridized carbons (Fsp3) is 0.407. The van der Waals surface area contributed by atoms with Gasteiger partial charge in [0.15, 0.2) is 0 Å². The molecule has 3 rings (SSSR count). The molecule has 0 radical (unpaired) electrons. The van der Waals surface area contributed by atoms with Crippen LogP contribution >= 0.6 is 0 Å². The first-order valence-electron chi connectivity index (χ1n) is 12.0. The lowest BCUT2D eigenvalue weighted by atomic mass is 10.1. The number of hydrogen-bond acceptors (Lipinski definition) is 5. The molecule has 0 saturated carbocycles. The molecule has 176 valence electrons. The first-order chi connectivity index (χ1) is 16.2. The molecule has 3 aromatic rings. The Hall–Kier alpha value is -3.12. The monoisotopic (exact) mass is 448 g/mol. The van der Waals surface area contributed by atoms with Crippen LogP contribution in [0.5, 0.6) is 5.75 Å². The van der Waals surface area contributed by atoms with Crippen molar-refractivity contribution in [2.45, 2.75) is 39.5 Å². The van der Waals surface area contributed by atoms with Crippen molar-refractivity contribution in [2.75, 3.05) is 38.6 Å². The normalized spacial score (nSPS) is 11.0. The summed E-state index contributed by atoms with van der Waals surface area (Å²) in [4.78, 5) is 20.3. The fourth-order valence-corrected chi connectivity index (χ4v) is 3.83. The van der Waals surface area contributed by atoms with Crippen LogP contribution in [0.1, 0.15) is 49.9 Å². The summed E-state index contributed by atoms with van der Waals surface area (Å²) in [5, 5.41) is 7.28. The SMILES string of the molecule is CCCCN(CCCC)CCNC(=O)c1cc(Nc2ccccc2OC)nc2ccccc12. The van der Waals surface area contributed by atoms with Gasteiger partial charge in [-0.2, -0.15) is 0 Å². The number of ether oxygens (including phenoxy) is 1. The van der Waals surface area contributed by atoms with Crippen molar-refractivity contribution in [3.63, 3.8) is 0 Å². The van der Waals surface area contributed by atoms with Crippen molar-refractivity contribution in [1.82, 2.24) is 15.2 Å². The lowest BCUT2D eigenvalue weighted by Crippen LogP contribution is -2.36. The van der Waals surface area contributed by atoms with Crippen LogP contribution in [0.3, 0.4) is 0 Å². The number of methoxy groups -OCH3 is 1. The number of para-hydroxylation sites is 3. The van der Waals surface area contributed by atoms with Crippen molar-refractivity contribution >= 4 is 28.3 Å². The van der Waals surface area contributed by atoms with E-state index >= 15 is 0 Å². The number of amides is 1. The molecular weight excluding hydrogens is 412 g/mol. The molecule has 0 saturated heterocycles. The summed E-state index contributed by atoms with van der Waals surface area (Å²) >= 11 is 0. The summed E-state index contributed by atoms with van der Waals surface area (Å²) in [6, 6.07) is 17.2. The van der Waals surface area contributed by atoms with Crippen molar-refractivity contribution in [3.05, 3.63) is 60.2 Å². The van der Waals surface area contributed by atoms with Crippen LogP contribution in [-0.2, 0) is 0 Å². The highest BCUT2D eigenvalue weighted by Crippen LogP contribution is 2.28. The maximum atomic E-state index is 13.2. The number of nitrogens with one attached hydrogen (secondary N) is 2. The summed E-state index contributed by atoms with van der Waals surface area (Å²) in [6.07, 6.45) is 4.73. The second-order valence-corrected chi connectivity index (χ2v) is 8.20. The number of pyridine rings is 1. The lowest BCUT2D eigenvalue weighted by Gasteiger charge is -2.22. The third-order valence-corrected chi connectivity index (χ3v) is 5.70. The lowest BCUT2D eigenvalue weighted by molar-refractivity contribution is 0.0949. The van der Waals surface area contributed by atoms with Crippen LogP contribution in [-0.4, -0.2) is 49.1 Å². The van der Waals surface area contributed by atoms with Gasteiger partial charge in [0.1, 0.15) is 11.6 Å². The van der Waals surface area contributed by atoms with Crippen LogP contribution in [0.2, 0.25) is 0 Å². The highest BCUT2D eigenvalue weighted by atomic mass is 16.5. The van der Waals surface area contributed by atoms with E-state index in [1.165, 1.54) is 25.7 Å². The molecule has 2 aromatic carbocycles. The Kier molecular flexibility index (Phi) is 9.51. The number of carbonyl (C=O) groups is 1. The molecular formula is C27H36N4O2. The molecule has 0 spiro atoms. The van der Waals surface area contributed by atoms with Gasteiger partial charge in [0.2, 0.25) is 0 Å². The first-order valence-corrected chi connectivity index (χ1v) is 12.0. The average molecular weight is 449 g/mol. The number of nitrogens with zero attached hydrogens (tertiary/aromatic N) is 2. The molecule has 1 aromatic heterocycles. The summed E-state index contributed by atoms with van der Waals surface area (Å²) in [7, 11) is 1.64. The second kappa shape index (κ2) is 12.8. The van der Waals surface area contributed by atoms with Gasteiger partial charge in [0.25, 0.3) is 5.91 Å². The number of rotatable bonds is 13. The first kappa shape index (κ1) is 24.5. The van der Waals surface area contributed by atoms with Gasteiger partial charge >= 0.3 is 0 Å². The standard InChI is InChI=1S/C27H36N4O2/c1-4-6-17-31(18-7-5-2)19-16-28-27(32)22-20-26(29-23-13-9-8-12-21(22)23)30-24-14-10-11-15-25(24)33-3/h8-15,20H,4-7,16-19H2,1-3H3,(H,28,32)(H,29,30). The molecule has 1 heterocycles. The van der Waals surface area contributed by atoms with Gasteiger partial charge in [-0.1, -0.05) is 57.0 Å². The zero-order valence-electron chi connectivity index (χ0n) is 20.1. The van der Waals surface area contributed by atoms with E-state index in [0.29, 0.717) is 17.9 Å². The number of unbranched alkanes of at least 4 members (excludes halogenated alkanes) is 2. The van der Waals surface area contributed by atoms with Gasteiger partial charge < -0.3 is 20.3 Å². The Morgan fingerprint density at radius 2 is 1.67 bits per heavy atom. The zero-order chi connectivity index (χ0) is 23.5. The van der Waals surface area contributed by atoms with Crippen LogP contribution in [0, 0.1) is 0 Å². The number of fused-ring (bicyclic) bond motifs is 1. The largest absolute Gasteiger partial charge is 0.495 e. The summed E-state index contributed by atoms with van der Waals surface area (Å²) in [5.41, 5.74) is 2.19. The van der Waals surface area contributed by atoms with E-state index in [-0.39, 0.29) is 5.91 Å².